The molecule has 1 fully saturated rings. The van der Waals surface area contributed by atoms with Crippen LogP contribution in [0.15, 0.2) is 42.6 Å². The average Bonchev–Trinajstić information content (AvgIpc) is 2.95. The molecule has 1 aromatic carbocycles. The maximum absolute atomic E-state index is 5.87. The fourth-order valence-electron chi connectivity index (χ4n) is 3.81. The number of likely N-dealkylation sites (tertiary alicyclic amines) is 1. The van der Waals surface area contributed by atoms with Gasteiger partial charge < -0.3 is 10.1 Å². The van der Waals surface area contributed by atoms with E-state index in [9.17, 15) is 0 Å². The summed E-state index contributed by atoms with van der Waals surface area (Å²) in [5, 5.41) is 0. The maximum Gasteiger partial charge on any atom is 0.137 e. The number of aromatic nitrogens is 2. The van der Waals surface area contributed by atoms with Crippen LogP contribution in [-0.4, -0.2) is 26.9 Å². The second kappa shape index (κ2) is 6.52. The van der Waals surface area contributed by atoms with E-state index >= 15 is 0 Å². The smallest absolute Gasteiger partial charge is 0.137 e. The molecule has 0 amide bonds. The van der Waals surface area contributed by atoms with Gasteiger partial charge in [-0.25, -0.2) is 4.98 Å². The molecule has 2 aromatic heterocycles. The number of aryl methyl sites for hydroxylation is 1. The van der Waals surface area contributed by atoms with Crippen LogP contribution in [0, 0.1) is 6.92 Å². The molecule has 0 radical (unpaired) electrons. The molecule has 3 heterocycles. The lowest BCUT2D eigenvalue weighted by Gasteiger charge is -2.33. The summed E-state index contributed by atoms with van der Waals surface area (Å²) in [7, 11) is 0. The first-order valence-electron chi connectivity index (χ1n) is 9.19. The fraction of sp³-hybridized carbons (Fsp3) is 0.381. The van der Waals surface area contributed by atoms with Crippen molar-refractivity contribution in [1.29, 1.82) is 0 Å². The maximum atomic E-state index is 5.87. The highest BCUT2D eigenvalue weighted by atomic mass is 15.2. The van der Waals surface area contributed by atoms with Crippen LogP contribution >= 0.6 is 0 Å². The second-order valence-electron chi connectivity index (χ2n) is 7.28. The number of piperidine rings is 1. The van der Waals surface area contributed by atoms with E-state index in [0.717, 1.165) is 29.1 Å². The molecule has 0 spiro atoms. The van der Waals surface area contributed by atoms with Crippen molar-refractivity contribution in [3.05, 3.63) is 53.9 Å². The molecule has 1 aliphatic heterocycles. The first-order valence-corrected chi connectivity index (χ1v) is 9.19. The minimum atomic E-state index is 0.628. The summed E-state index contributed by atoms with van der Waals surface area (Å²) >= 11 is 0. The Morgan fingerprint density at radius 1 is 1.12 bits per heavy atom. The molecule has 1 saturated heterocycles. The van der Waals surface area contributed by atoms with E-state index in [-0.39, 0.29) is 0 Å². The van der Waals surface area contributed by atoms with E-state index in [4.69, 9.17) is 10.7 Å². The molecule has 1 atom stereocenters. The van der Waals surface area contributed by atoms with Crippen LogP contribution < -0.4 is 5.73 Å². The van der Waals surface area contributed by atoms with Crippen molar-refractivity contribution >= 4 is 11.3 Å². The van der Waals surface area contributed by atoms with Gasteiger partial charge in [-0.05, 0) is 57.0 Å². The van der Waals surface area contributed by atoms with Gasteiger partial charge in [-0.15, -0.1) is 0 Å². The first-order chi connectivity index (χ1) is 12.1. The molecular formula is C21H26N4. The van der Waals surface area contributed by atoms with Crippen molar-refractivity contribution in [2.45, 2.75) is 45.7 Å². The Balaban J connectivity index is 1.82. The predicted molar refractivity (Wildman–Crippen MR) is 104 cm³/mol. The molecule has 4 rings (SSSR count). The van der Waals surface area contributed by atoms with E-state index in [2.05, 4.69) is 53.6 Å². The summed E-state index contributed by atoms with van der Waals surface area (Å²) in [6.45, 7) is 6.58. The number of imidazole rings is 1. The summed E-state index contributed by atoms with van der Waals surface area (Å²) in [6.07, 6.45) is 6.12. The topological polar surface area (TPSA) is 46.6 Å². The number of anilines is 1. The molecule has 4 heteroatoms. The number of benzene rings is 1. The molecule has 3 aromatic rings. The van der Waals surface area contributed by atoms with Crippen molar-refractivity contribution in [3.8, 4) is 11.3 Å². The minimum absolute atomic E-state index is 0.628. The zero-order chi connectivity index (χ0) is 17.4. The molecule has 4 nitrogen and oxygen atoms in total. The number of hydrogen-bond donors (Lipinski definition) is 1. The zero-order valence-electron chi connectivity index (χ0n) is 15.1. The Hall–Kier alpha value is -2.33. The van der Waals surface area contributed by atoms with Crippen LogP contribution in [0.3, 0.4) is 0 Å². The van der Waals surface area contributed by atoms with Crippen LogP contribution in [-0.2, 0) is 6.54 Å². The Kier molecular flexibility index (Phi) is 4.22. The predicted octanol–water partition coefficient (Wildman–Crippen LogP) is 4.27. The molecule has 0 aliphatic carbocycles. The third kappa shape index (κ3) is 3.14. The van der Waals surface area contributed by atoms with Crippen molar-refractivity contribution in [2.24, 2.45) is 0 Å². The number of pyridine rings is 1. The van der Waals surface area contributed by atoms with Crippen LogP contribution in [0.5, 0.6) is 0 Å². The number of fused-ring (bicyclic) bond motifs is 1. The van der Waals surface area contributed by atoms with Crippen molar-refractivity contribution < 1.29 is 0 Å². The minimum Gasteiger partial charge on any atom is -0.399 e. The summed E-state index contributed by atoms with van der Waals surface area (Å²) < 4.78 is 2.27. The third-order valence-corrected chi connectivity index (χ3v) is 5.34. The van der Waals surface area contributed by atoms with Gasteiger partial charge in [0.05, 0.1) is 11.4 Å². The Labute approximate surface area is 149 Å². The highest BCUT2D eigenvalue weighted by Crippen LogP contribution is 2.28. The molecule has 0 bridgehead atoms. The van der Waals surface area contributed by atoms with Crippen LogP contribution in [0.25, 0.3) is 16.9 Å². The standard InChI is InChI=1S/C21H26N4/c1-15-6-11-20-23-21(17-7-9-18(22)10-8-17)19(25(20)13-15)14-24-12-4-3-5-16(24)2/h6-11,13,16H,3-5,12,14,22H2,1-2H3. The van der Waals surface area contributed by atoms with Gasteiger partial charge in [0.15, 0.2) is 0 Å². The van der Waals surface area contributed by atoms with E-state index in [1.807, 2.05) is 12.1 Å². The normalized spacial score (nSPS) is 18.7. The quantitative estimate of drug-likeness (QED) is 0.728. The van der Waals surface area contributed by atoms with E-state index in [0.29, 0.717) is 6.04 Å². The molecule has 0 saturated carbocycles. The summed E-state index contributed by atoms with van der Waals surface area (Å²) in [4.78, 5) is 7.53. The largest absolute Gasteiger partial charge is 0.399 e. The second-order valence-corrected chi connectivity index (χ2v) is 7.28. The molecule has 2 N–H and O–H groups in total. The van der Waals surface area contributed by atoms with Gasteiger partial charge in [0, 0.05) is 30.0 Å². The van der Waals surface area contributed by atoms with Gasteiger partial charge in [0.25, 0.3) is 0 Å². The molecular weight excluding hydrogens is 308 g/mol. The highest BCUT2D eigenvalue weighted by Gasteiger charge is 2.22. The lowest BCUT2D eigenvalue weighted by Crippen LogP contribution is -2.37. The summed E-state index contributed by atoms with van der Waals surface area (Å²) in [5.41, 5.74) is 12.4. The SMILES string of the molecule is Cc1ccc2nc(-c3ccc(N)cc3)c(CN3CCCCC3C)n2c1. The van der Waals surface area contributed by atoms with Crippen LogP contribution in [0.2, 0.25) is 0 Å². The van der Waals surface area contributed by atoms with Gasteiger partial charge in [0.2, 0.25) is 0 Å². The monoisotopic (exact) mass is 334 g/mol. The van der Waals surface area contributed by atoms with E-state index in [1.165, 1.54) is 37.1 Å². The lowest BCUT2D eigenvalue weighted by atomic mass is 10.0. The average molecular weight is 334 g/mol. The van der Waals surface area contributed by atoms with Gasteiger partial charge in [-0.2, -0.15) is 0 Å². The van der Waals surface area contributed by atoms with Crippen LogP contribution in [0.1, 0.15) is 37.4 Å². The first kappa shape index (κ1) is 16.2. The number of nitrogen functional groups attached to an aromatic ring is 1. The number of nitrogens with zero attached hydrogens (tertiary/aromatic N) is 3. The third-order valence-electron chi connectivity index (χ3n) is 5.34. The highest BCUT2D eigenvalue weighted by molar-refractivity contribution is 5.68. The fourth-order valence-corrected chi connectivity index (χ4v) is 3.81. The lowest BCUT2D eigenvalue weighted by molar-refractivity contribution is 0.151. The Bertz CT molecular complexity index is 879. The van der Waals surface area contributed by atoms with Gasteiger partial charge in [-0.3, -0.25) is 4.90 Å². The van der Waals surface area contributed by atoms with Crippen molar-refractivity contribution in [2.75, 3.05) is 12.3 Å². The summed E-state index contributed by atoms with van der Waals surface area (Å²) in [5.74, 6) is 0. The van der Waals surface area contributed by atoms with Gasteiger partial charge in [0.1, 0.15) is 5.65 Å². The van der Waals surface area contributed by atoms with Gasteiger partial charge in [-0.1, -0.05) is 24.6 Å². The number of nitrogens with two attached hydrogens (primary N) is 1. The van der Waals surface area contributed by atoms with Gasteiger partial charge >= 0.3 is 0 Å². The van der Waals surface area contributed by atoms with Crippen molar-refractivity contribution in [3.63, 3.8) is 0 Å². The molecule has 25 heavy (non-hydrogen) atoms. The Morgan fingerprint density at radius 2 is 1.92 bits per heavy atom. The Morgan fingerprint density at radius 3 is 2.68 bits per heavy atom. The van der Waals surface area contributed by atoms with Crippen LogP contribution in [0.4, 0.5) is 5.69 Å². The van der Waals surface area contributed by atoms with E-state index < -0.39 is 0 Å². The molecule has 1 unspecified atom stereocenters. The van der Waals surface area contributed by atoms with E-state index in [1.54, 1.807) is 0 Å². The van der Waals surface area contributed by atoms with Crippen molar-refractivity contribution in [1.82, 2.24) is 14.3 Å². The number of hydrogen-bond acceptors (Lipinski definition) is 3. The zero-order valence-corrected chi connectivity index (χ0v) is 15.1. The summed E-state index contributed by atoms with van der Waals surface area (Å²) in [6, 6.07) is 12.9. The number of rotatable bonds is 3. The molecule has 130 valence electrons. The molecule has 1 aliphatic rings.